The quantitative estimate of drug-likeness (QED) is 0.770. The van der Waals surface area contributed by atoms with Crippen molar-refractivity contribution in [3.8, 4) is 0 Å². The number of anilines is 2. The number of carbonyl (C=O) groups is 1. The molecule has 0 spiro atoms. The molecule has 0 fully saturated rings. The van der Waals surface area contributed by atoms with Gasteiger partial charge in [0.2, 0.25) is 0 Å². The van der Waals surface area contributed by atoms with E-state index in [1.807, 2.05) is 18.2 Å². The van der Waals surface area contributed by atoms with Crippen LogP contribution in [0, 0.1) is 0 Å². The average Bonchev–Trinajstić information content (AvgIpc) is 2.59. The predicted octanol–water partition coefficient (Wildman–Crippen LogP) is 4.39. The molecular formula is C18H18F3N3O. The van der Waals surface area contributed by atoms with Crippen molar-refractivity contribution in [3.63, 3.8) is 0 Å². The number of hydrogen-bond donors (Lipinski definition) is 3. The molecule has 0 bridgehead atoms. The maximum Gasteiger partial charge on any atom is 0.418 e. The van der Waals surface area contributed by atoms with Crippen molar-refractivity contribution in [2.75, 3.05) is 17.2 Å². The Bertz CT molecular complexity index is 774. The maximum atomic E-state index is 13.0. The molecule has 0 aliphatic carbocycles. The normalized spacial score (nSPS) is 13.6. The van der Waals surface area contributed by atoms with Crippen molar-refractivity contribution in [1.82, 2.24) is 5.32 Å². The summed E-state index contributed by atoms with van der Waals surface area (Å²) in [4.78, 5) is 12.0. The van der Waals surface area contributed by atoms with Crippen LogP contribution in [0.3, 0.4) is 0 Å². The number of carbonyl (C=O) groups excluding carboxylic acids is 1. The molecule has 7 heteroatoms. The van der Waals surface area contributed by atoms with Crippen LogP contribution in [-0.2, 0) is 19.1 Å². The summed E-state index contributed by atoms with van der Waals surface area (Å²) in [5, 5.41) is 8.21. The summed E-state index contributed by atoms with van der Waals surface area (Å²) in [6.07, 6.45) is -2.60. The van der Waals surface area contributed by atoms with E-state index in [1.54, 1.807) is 0 Å². The summed E-state index contributed by atoms with van der Waals surface area (Å²) in [5.41, 5.74) is 2.03. The Morgan fingerprint density at radius 3 is 2.72 bits per heavy atom. The molecule has 132 valence electrons. The van der Waals surface area contributed by atoms with E-state index in [9.17, 15) is 18.0 Å². The van der Waals surface area contributed by atoms with E-state index in [4.69, 9.17) is 0 Å². The number of rotatable bonds is 3. The first-order valence-electron chi connectivity index (χ1n) is 8.01. The minimum absolute atomic E-state index is 0.255. The zero-order valence-electron chi connectivity index (χ0n) is 13.4. The van der Waals surface area contributed by atoms with Crippen molar-refractivity contribution < 1.29 is 18.0 Å². The van der Waals surface area contributed by atoms with Gasteiger partial charge in [-0.15, -0.1) is 0 Å². The average molecular weight is 349 g/mol. The number of halogens is 3. The van der Waals surface area contributed by atoms with Crippen molar-refractivity contribution in [1.29, 1.82) is 0 Å². The molecule has 25 heavy (non-hydrogen) atoms. The third kappa shape index (κ3) is 4.04. The SMILES string of the molecule is O=C(NCc1cccc2c1CCCN2)Nc1ccccc1C(F)(F)F. The highest BCUT2D eigenvalue weighted by Crippen LogP contribution is 2.34. The monoisotopic (exact) mass is 349 g/mol. The van der Waals surface area contributed by atoms with Crippen LogP contribution in [0.25, 0.3) is 0 Å². The molecule has 3 N–H and O–H groups in total. The van der Waals surface area contributed by atoms with E-state index in [0.717, 1.165) is 42.3 Å². The van der Waals surface area contributed by atoms with Crippen LogP contribution in [0.5, 0.6) is 0 Å². The fourth-order valence-electron chi connectivity index (χ4n) is 2.93. The Labute approximate surface area is 143 Å². The van der Waals surface area contributed by atoms with Gasteiger partial charge < -0.3 is 16.0 Å². The first kappa shape index (κ1) is 17.1. The van der Waals surface area contributed by atoms with Gasteiger partial charge in [0.15, 0.2) is 0 Å². The Kier molecular flexibility index (Phi) is 4.83. The second kappa shape index (κ2) is 7.04. The van der Waals surface area contributed by atoms with Gasteiger partial charge >= 0.3 is 12.2 Å². The van der Waals surface area contributed by atoms with E-state index in [1.165, 1.54) is 18.2 Å². The number of nitrogens with one attached hydrogen (secondary N) is 3. The van der Waals surface area contributed by atoms with Gasteiger partial charge in [0.05, 0.1) is 11.3 Å². The molecule has 2 aromatic carbocycles. The minimum Gasteiger partial charge on any atom is -0.385 e. The molecular weight excluding hydrogens is 331 g/mol. The number of urea groups is 1. The zero-order valence-corrected chi connectivity index (χ0v) is 13.4. The standard InChI is InChI=1S/C18H18F3N3O/c19-18(20,21)14-7-1-2-8-16(14)24-17(25)23-11-12-5-3-9-15-13(12)6-4-10-22-15/h1-3,5,7-9,22H,4,6,10-11H2,(H2,23,24,25). The van der Waals surface area contributed by atoms with Crippen molar-refractivity contribution in [2.45, 2.75) is 25.6 Å². The predicted molar refractivity (Wildman–Crippen MR) is 90.6 cm³/mol. The van der Waals surface area contributed by atoms with Crippen LogP contribution < -0.4 is 16.0 Å². The number of alkyl halides is 3. The molecule has 0 unspecified atom stereocenters. The summed E-state index contributed by atoms with van der Waals surface area (Å²) >= 11 is 0. The van der Waals surface area contributed by atoms with Gasteiger partial charge in [0, 0.05) is 18.8 Å². The Morgan fingerprint density at radius 2 is 1.92 bits per heavy atom. The molecule has 0 saturated heterocycles. The van der Waals surface area contributed by atoms with Crippen LogP contribution in [0.2, 0.25) is 0 Å². The van der Waals surface area contributed by atoms with Crippen molar-refractivity contribution in [2.24, 2.45) is 0 Å². The van der Waals surface area contributed by atoms with Gasteiger partial charge in [-0.05, 0) is 42.2 Å². The largest absolute Gasteiger partial charge is 0.418 e. The molecule has 1 aliphatic rings. The van der Waals surface area contributed by atoms with Crippen LogP contribution in [0.1, 0.15) is 23.1 Å². The fourth-order valence-corrected chi connectivity index (χ4v) is 2.93. The van der Waals surface area contributed by atoms with Gasteiger partial charge in [-0.1, -0.05) is 24.3 Å². The lowest BCUT2D eigenvalue weighted by Crippen LogP contribution is -2.30. The smallest absolute Gasteiger partial charge is 0.385 e. The van der Waals surface area contributed by atoms with Gasteiger partial charge in [0.1, 0.15) is 0 Å². The summed E-state index contributed by atoms with van der Waals surface area (Å²) in [6, 6.07) is 10.0. The molecule has 0 saturated carbocycles. The molecule has 0 aromatic heterocycles. The topological polar surface area (TPSA) is 53.2 Å². The highest BCUT2D eigenvalue weighted by atomic mass is 19.4. The van der Waals surface area contributed by atoms with Crippen molar-refractivity contribution >= 4 is 17.4 Å². The van der Waals surface area contributed by atoms with Crippen LogP contribution in [0.4, 0.5) is 29.3 Å². The third-order valence-electron chi connectivity index (χ3n) is 4.11. The second-order valence-electron chi connectivity index (χ2n) is 5.82. The van der Waals surface area contributed by atoms with E-state index in [0.29, 0.717) is 0 Å². The van der Waals surface area contributed by atoms with E-state index in [-0.39, 0.29) is 12.2 Å². The number of para-hydroxylation sites is 1. The molecule has 2 aromatic rings. The van der Waals surface area contributed by atoms with Crippen LogP contribution in [0.15, 0.2) is 42.5 Å². The molecule has 2 amide bonds. The minimum atomic E-state index is -4.52. The Morgan fingerprint density at radius 1 is 1.12 bits per heavy atom. The van der Waals surface area contributed by atoms with E-state index >= 15 is 0 Å². The summed E-state index contributed by atoms with van der Waals surface area (Å²) in [6.45, 7) is 1.17. The number of hydrogen-bond acceptors (Lipinski definition) is 2. The summed E-state index contributed by atoms with van der Waals surface area (Å²) in [5.74, 6) is 0. The molecule has 3 rings (SSSR count). The maximum absolute atomic E-state index is 13.0. The lowest BCUT2D eigenvalue weighted by Gasteiger charge is -2.21. The number of benzene rings is 2. The van der Waals surface area contributed by atoms with Gasteiger partial charge in [-0.25, -0.2) is 4.79 Å². The highest BCUT2D eigenvalue weighted by molar-refractivity contribution is 5.90. The Balaban J connectivity index is 1.67. The lowest BCUT2D eigenvalue weighted by atomic mass is 9.97. The molecule has 4 nitrogen and oxygen atoms in total. The molecule has 0 radical (unpaired) electrons. The van der Waals surface area contributed by atoms with Crippen LogP contribution >= 0.6 is 0 Å². The zero-order chi connectivity index (χ0) is 17.9. The third-order valence-corrected chi connectivity index (χ3v) is 4.11. The highest BCUT2D eigenvalue weighted by Gasteiger charge is 2.33. The Hall–Kier alpha value is -2.70. The molecule has 0 atom stereocenters. The van der Waals surface area contributed by atoms with Gasteiger partial charge in [-0.3, -0.25) is 0 Å². The summed E-state index contributed by atoms with van der Waals surface area (Å²) in [7, 11) is 0. The van der Waals surface area contributed by atoms with E-state index < -0.39 is 17.8 Å². The second-order valence-corrected chi connectivity index (χ2v) is 5.82. The number of amides is 2. The van der Waals surface area contributed by atoms with Gasteiger partial charge in [0.25, 0.3) is 0 Å². The first-order chi connectivity index (χ1) is 11.9. The van der Waals surface area contributed by atoms with Crippen molar-refractivity contribution in [3.05, 3.63) is 59.2 Å². The summed E-state index contributed by atoms with van der Waals surface area (Å²) < 4.78 is 38.9. The van der Waals surface area contributed by atoms with Gasteiger partial charge in [-0.2, -0.15) is 13.2 Å². The first-order valence-corrected chi connectivity index (χ1v) is 8.01. The molecule has 1 heterocycles. The van der Waals surface area contributed by atoms with Crippen LogP contribution in [-0.4, -0.2) is 12.6 Å². The lowest BCUT2D eigenvalue weighted by molar-refractivity contribution is -0.136. The van der Waals surface area contributed by atoms with E-state index in [2.05, 4.69) is 16.0 Å². The molecule has 1 aliphatic heterocycles. The fraction of sp³-hybridized carbons (Fsp3) is 0.278. The number of fused-ring (bicyclic) bond motifs is 1.